The lowest BCUT2D eigenvalue weighted by Crippen LogP contribution is -2.35. The van der Waals surface area contributed by atoms with Crippen LogP contribution in [-0.4, -0.2) is 43.2 Å². The van der Waals surface area contributed by atoms with Crippen molar-refractivity contribution in [1.29, 1.82) is 0 Å². The predicted molar refractivity (Wildman–Crippen MR) is 179 cm³/mol. The average Bonchev–Trinajstić information content (AvgIpc) is 3.01. The van der Waals surface area contributed by atoms with Crippen LogP contribution in [0.2, 0.25) is 5.02 Å². The first-order valence-corrected chi connectivity index (χ1v) is 16.3. The summed E-state index contributed by atoms with van der Waals surface area (Å²) in [6.07, 6.45) is -0.859. The monoisotopic (exact) mass is 693 g/mol. The molecular weight excluding hydrogens is 662 g/mol. The topological polar surface area (TPSA) is 177 Å². The van der Waals surface area contributed by atoms with E-state index < -0.39 is 44.6 Å². The van der Waals surface area contributed by atoms with Gasteiger partial charge in [0.2, 0.25) is 0 Å². The molecule has 0 aromatic heterocycles. The zero-order valence-corrected chi connectivity index (χ0v) is 27.6. The molecule has 4 aromatic carbocycles. The minimum absolute atomic E-state index is 0.109. The second-order valence-corrected chi connectivity index (χ2v) is 13.5. The molecule has 0 saturated carbocycles. The number of carboxylic acids is 1. The molecule has 250 valence electrons. The van der Waals surface area contributed by atoms with Gasteiger partial charge in [0.15, 0.2) is 0 Å². The zero-order chi connectivity index (χ0) is 35.1. The van der Waals surface area contributed by atoms with Gasteiger partial charge in [-0.1, -0.05) is 72.3 Å². The third kappa shape index (κ3) is 9.56. The van der Waals surface area contributed by atoms with Crippen LogP contribution in [0.3, 0.4) is 0 Å². The van der Waals surface area contributed by atoms with Crippen LogP contribution in [0.1, 0.15) is 58.2 Å². The lowest BCUT2D eigenvalue weighted by Gasteiger charge is -2.21. The predicted octanol–water partition coefficient (Wildman–Crippen LogP) is 6.84. The Hall–Kier alpha value is -5.40. The number of aromatic carboxylic acids is 1. The molecule has 4 N–H and O–H groups in total. The number of ether oxygens (including phenoxy) is 2. The number of amides is 3. The summed E-state index contributed by atoms with van der Waals surface area (Å²) in [5.41, 5.74) is -0.192. The van der Waals surface area contributed by atoms with E-state index in [1.165, 1.54) is 12.1 Å². The second-order valence-electron chi connectivity index (χ2n) is 11.4. The van der Waals surface area contributed by atoms with E-state index in [2.05, 4.69) is 10.6 Å². The lowest BCUT2D eigenvalue weighted by atomic mass is 9.99. The maximum atomic E-state index is 13.4. The van der Waals surface area contributed by atoms with E-state index in [4.69, 9.17) is 21.1 Å². The van der Waals surface area contributed by atoms with E-state index in [1.54, 1.807) is 81.4 Å². The molecule has 0 heterocycles. The van der Waals surface area contributed by atoms with Crippen molar-refractivity contribution in [3.63, 3.8) is 0 Å². The van der Waals surface area contributed by atoms with Crippen molar-refractivity contribution in [2.24, 2.45) is 0 Å². The number of sulfonamides is 1. The molecule has 0 saturated heterocycles. The fourth-order valence-electron chi connectivity index (χ4n) is 4.41. The molecule has 3 amide bonds. The smallest absolute Gasteiger partial charge is 0.411 e. The number of nitrogens with one attached hydrogen (secondary N) is 3. The average molecular weight is 694 g/mol. The number of anilines is 2. The Labute approximate surface area is 282 Å². The van der Waals surface area contributed by atoms with Crippen molar-refractivity contribution in [1.82, 2.24) is 4.72 Å². The van der Waals surface area contributed by atoms with Gasteiger partial charge in [-0.2, -0.15) is 0 Å². The van der Waals surface area contributed by atoms with E-state index in [9.17, 15) is 32.7 Å². The minimum atomic E-state index is -4.67. The number of hydrogen-bond acceptors (Lipinski definition) is 8. The molecule has 0 aliphatic carbocycles. The normalized spacial score (nSPS) is 11.2. The third-order valence-electron chi connectivity index (χ3n) is 6.55. The molecule has 0 aliphatic heterocycles. The number of halogens is 1. The summed E-state index contributed by atoms with van der Waals surface area (Å²) in [6.45, 7) is 4.79. The van der Waals surface area contributed by atoms with Gasteiger partial charge in [0.05, 0.1) is 27.4 Å². The molecule has 0 atom stereocenters. The molecule has 48 heavy (non-hydrogen) atoms. The van der Waals surface area contributed by atoms with E-state index in [0.717, 1.165) is 23.8 Å². The van der Waals surface area contributed by atoms with Crippen molar-refractivity contribution in [3.8, 4) is 0 Å². The quantitative estimate of drug-likeness (QED) is 0.129. The fourth-order valence-corrected chi connectivity index (χ4v) is 5.57. The number of carboxylic acid groups (broad SMARTS) is 1. The number of benzene rings is 4. The van der Waals surface area contributed by atoms with Gasteiger partial charge in [0.25, 0.3) is 10.0 Å². The van der Waals surface area contributed by atoms with Gasteiger partial charge in [-0.15, -0.1) is 0 Å². The molecule has 14 heteroatoms. The van der Waals surface area contributed by atoms with Crippen LogP contribution in [0.15, 0.2) is 95.9 Å². The van der Waals surface area contributed by atoms with Crippen LogP contribution in [0.5, 0.6) is 0 Å². The van der Waals surface area contributed by atoms with Gasteiger partial charge >= 0.3 is 24.1 Å². The standard InChI is InChI=1S/C34H32ClN3O9S/c1-34(2,3)47-31(41)24-15-14-23(19-28(24)36-33(43)46-20-22-12-8-5-9-13-22)48(44,45)38-32(42)37-29-25(30(39)40)16-17-27(35)26(29)18-21-10-6-4-7-11-21/h4-17,19H,18,20H2,1-3H3,(H,36,43)(H,39,40)(H2,37,38,42). The summed E-state index contributed by atoms with van der Waals surface area (Å²) in [7, 11) is -4.67. The van der Waals surface area contributed by atoms with E-state index in [0.29, 0.717) is 5.56 Å². The second kappa shape index (κ2) is 15.0. The maximum Gasteiger partial charge on any atom is 0.411 e. The van der Waals surface area contributed by atoms with E-state index >= 15 is 0 Å². The molecule has 0 aliphatic rings. The van der Waals surface area contributed by atoms with Crippen LogP contribution in [-0.2, 0) is 32.5 Å². The Morgan fingerprint density at radius 3 is 2.02 bits per heavy atom. The van der Waals surface area contributed by atoms with Crippen molar-refractivity contribution in [3.05, 3.63) is 124 Å². The van der Waals surface area contributed by atoms with Crippen LogP contribution >= 0.6 is 11.6 Å². The highest BCUT2D eigenvalue weighted by atomic mass is 35.5. The number of hydrogen-bond donors (Lipinski definition) is 4. The Bertz CT molecular complexity index is 1950. The molecule has 0 unspecified atom stereocenters. The van der Waals surface area contributed by atoms with E-state index in [-0.39, 0.29) is 46.1 Å². The molecule has 4 rings (SSSR count). The van der Waals surface area contributed by atoms with Crippen molar-refractivity contribution in [2.45, 2.75) is 44.3 Å². The summed E-state index contributed by atoms with van der Waals surface area (Å²) in [6, 6.07) is 22.1. The molecule has 0 radical (unpaired) electrons. The molecular formula is C34H32ClN3O9S. The number of carbonyl (C=O) groups is 4. The first-order valence-electron chi connectivity index (χ1n) is 14.4. The summed E-state index contributed by atoms with van der Waals surface area (Å²) in [5, 5.41) is 14.6. The lowest BCUT2D eigenvalue weighted by molar-refractivity contribution is 0.00703. The largest absolute Gasteiger partial charge is 0.478 e. The van der Waals surface area contributed by atoms with Crippen molar-refractivity contribution >= 4 is 57.1 Å². The van der Waals surface area contributed by atoms with Gasteiger partial charge < -0.3 is 19.9 Å². The Morgan fingerprint density at radius 1 is 0.812 bits per heavy atom. The number of rotatable bonds is 10. The molecule has 0 fully saturated rings. The van der Waals surface area contributed by atoms with Crippen molar-refractivity contribution in [2.75, 3.05) is 10.6 Å². The number of urea groups is 1. The minimum Gasteiger partial charge on any atom is -0.478 e. The SMILES string of the molecule is CC(C)(C)OC(=O)c1ccc(S(=O)(=O)NC(=O)Nc2c(C(=O)O)ccc(Cl)c2Cc2ccccc2)cc1NC(=O)OCc1ccccc1. The zero-order valence-electron chi connectivity index (χ0n) is 26.1. The van der Waals surface area contributed by atoms with Gasteiger partial charge in [0, 0.05) is 11.4 Å². The van der Waals surface area contributed by atoms with Gasteiger partial charge in [-0.25, -0.2) is 32.3 Å². The first kappa shape index (κ1) is 35.5. The van der Waals surface area contributed by atoms with E-state index in [1.807, 2.05) is 4.72 Å². The summed E-state index contributed by atoms with van der Waals surface area (Å²) in [4.78, 5) is 50.3. The summed E-state index contributed by atoms with van der Waals surface area (Å²) >= 11 is 6.40. The van der Waals surface area contributed by atoms with Crippen LogP contribution < -0.4 is 15.4 Å². The van der Waals surface area contributed by atoms with Gasteiger partial charge in [-0.05, 0) is 67.8 Å². The number of carbonyl (C=O) groups excluding carboxylic acids is 3. The summed E-state index contributed by atoms with van der Waals surface area (Å²) in [5.74, 6) is -2.24. The number of esters is 1. The molecule has 0 spiro atoms. The Morgan fingerprint density at radius 2 is 1.42 bits per heavy atom. The maximum absolute atomic E-state index is 13.4. The van der Waals surface area contributed by atoms with Crippen LogP contribution in [0.25, 0.3) is 0 Å². The molecule has 12 nitrogen and oxygen atoms in total. The highest BCUT2D eigenvalue weighted by Gasteiger charge is 2.27. The van der Waals surface area contributed by atoms with Crippen LogP contribution in [0, 0.1) is 0 Å². The fraction of sp³-hybridized carbons (Fsp3) is 0.176. The van der Waals surface area contributed by atoms with Gasteiger partial charge in [-0.3, -0.25) is 5.32 Å². The summed E-state index contributed by atoms with van der Waals surface area (Å²) < 4.78 is 39.2. The third-order valence-corrected chi connectivity index (χ3v) is 8.23. The Balaban J connectivity index is 1.61. The first-order chi connectivity index (χ1) is 22.6. The highest BCUT2D eigenvalue weighted by molar-refractivity contribution is 7.90. The van der Waals surface area contributed by atoms with Crippen molar-refractivity contribution < 1.29 is 42.2 Å². The highest BCUT2D eigenvalue weighted by Crippen LogP contribution is 2.31. The van der Waals surface area contributed by atoms with Gasteiger partial charge in [0.1, 0.15) is 12.2 Å². The van der Waals surface area contributed by atoms with Crippen LogP contribution in [0.4, 0.5) is 21.0 Å². The molecule has 0 bridgehead atoms. The molecule has 4 aromatic rings. The Kier molecular flexibility index (Phi) is 11.1.